The Morgan fingerprint density at radius 3 is 2.58 bits per heavy atom. The van der Waals surface area contributed by atoms with Crippen molar-refractivity contribution >= 4 is 11.7 Å². The van der Waals surface area contributed by atoms with Gasteiger partial charge in [0.1, 0.15) is 12.2 Å². The number of nitrogens with one attached hydrogen (secondary N) is 2. The summed E-state index contributed by atoms with van der Waals surface area (Å²) in [5.74, 6) is 0.725. The lowest BCUT2D eigenvalue weighted by Crippen LogP contribution is -2.32. The largest absolute Gasteiger partial charge is 0.328 e. The first-order valence-electron chi connectivity index (χ1n) is 8.57. The third kappa shape index (κ3) is 3.74. The monoisotopic (exact) mass is 353 g/mol. The second kappa shape index (κ2) is 7.38. The smallest absolute Gasteiger partial charge is 0.319 e. The summed E-state index contributed by atoms with van der Waals surface area (Å²) < 4.78 is 3.63. The van der Waals surface area contributed by atoms with Crippen LogP contribution >= 0.6 is 0 Å². The topological polar surface area (TPSA) is 89.7 Å². The van der Waals surface area contributed by atoms with Crippen molar-refractivity contribution < 1.29 is 4.79 Å². The van der Waals surface area contributed by atoms with E-state index in [0.29, 0.717) is 12.2 Å². The number of hydrogen-bond acceptors (Lipinski definition) is 4. The Balaban J connectivity index is 1.63. The minimum atomic E-state index is -0.290. The zero-order valence-electron chi connectivity index (χ0n) is 15.4. The molecule has 0 bridgehead atoms. The Labute approximate surface area is 152 Å². The molecule has 0 saturated heterocycles. The van der Waals surface area contributed by atoms with E-state index in [4.69, 9.17) is 0 Å². The molecule has 2 N–H and O–H groups in total. The van der Waals surface area contributed by atoms with E-state index in [1.54, 1.807) is 4.68 Å². The molecule has 0 aliphatic rings. The average Bonchev–Trinajstić information content (AvgIpc) is 3.21. The lowest BCUT2D eigenvalue weighted by atomic mass is 10.2. The van der Waals surface area contributed by atoms with Crippen LogP contribution in [0, 0.1) is 13.8 Å². The van der Waals surface area contributed by atoms with E-state index in [0.717, 1.165) is 22.9 Å². The summed E-state index contributed by atoms with van der Waals surface area (Å²) >= 11 is 0. The van der Waals surface area contributed by atoms with Crippen LogP contribution in [0.5, 0.6) is 0 Å². The van der Waals surface area contributed by atoms with Crippen molar-refractivity contribution in [1.29, 1.82) is 0 Å². The summed E-state index contributed by atoms with van der Waals surface area (Å²) in [6.45, 7) is 8.54. The number of nitrogens with zero attached hydrogens (tertiary/aromatic N) is 5. The van der Waals surface area contributed by atoms with Gasteiger partial charge in [-0.25, -0.2) is 19.1 Å². The number of carbonyl (C=O) groups is 1. The van der Waals surface area contributed by atoms with Gasteiger partial charge >= 0.3 is 6.03 Å². The first-order valence-corrected chi connectivity index (χ1v) is 8.57. The van der Waals surface area contributed by atoms with E-state index in [2.05, 4.69) is 25.8 Å². The van der Waals surface area contributed by atoms with Gasteiger partial charge in [-0.3, -0.25) is 0 Å². The molecule has 1 aromatic carbocycles. The molecule has 8 heteroatoms. The van der Waals surface area contributed by atoms with E-state index in [-0.39, 0.29) is 12.1 Å². The van der Waals surface area contributed by atoms with Gasteiger partial charge in [0.2, 0.25) is 0 Å². The van der Waals surface area contributed by atoms with Crippen LogP contribution < -0.4 is 10.6 Å². The van der Waals surface area contributed by atoms with Crippen LogP contribution in [0.25, 0.3) is 5.69 Å². The molecule has 3 aromatic rings. The minimum absolute atomic E-state index is 0.244. The van der Waals surface area contributed by atoms with E-state index >= 15 is 0 Å². The fourth-order valence-corrected chi connectivity index (χ4v) is 2.86. The molecule has 136 valence electrons. The molecule has 0 aliphatic carbocycles. The zero-order chi connectivity index (χ0) is 18.7. The third-order valence-electron chi connectivity index (χ3n) is 4.06. The summed E-state index contributed by atoms with van der Waals surface area (Å²) in [4.78, 5) is 16.4. The summed E-state index contributed by atoms with van der Waals surface area (Å²) in [5.41, 5.74) is 3.69. The van der Waals surface area contributed by atoms with Gasteiger partial charge in [0, 0.05) is 17.9 Å². The molecule has 0 radical (unpaired) electrons. The number of aryl methyl sites for hydroxylation is 3. The maximum atomic E-state index is 12.2. The van der Waals surface area contributed by atoms with Crippen LogP contribution in [0.4, 0.5) is 10.5 Å². The molecular formula is C18H23N7O. The van der Waals surface area contributed by atoms with E-state index in [9.17, 15) is 4.79 Å². The standard InChI is InChI=1S/C18H23N7O/c1-5-24-17(19-11-20-24)14(4)21-18(26)22-15-6-8-16(9-7-15)25-13(3)10-12(2)23-25/h6-11,14H,5H2,1-4H3,(H2,21,22,26)/t14-/m1/s1. The molecular weight excluding hydrogens is 330 g/mol. The Morgan fingerprint density at radius 1 is 1.23 bits per heavy atom. The van der Waals surface area contributed by atoms with Crippen LogP contribution in [-0.2, 0) is 6.54 Å². The summed E-state index contributed by atoms with van der Waals surface area (Å²) in [6.07, 6.45) is 1.49. The Bertz CT molecular complexity index is 895. The Kier molecular flexibility index (Phi) is 5.01. The molecule has 1 atom stereocenters. The highest BCUT2D eigenvalue weighted by molar-refractivity contribution is 5.89. The second-order valence-corrected chi connectivity index (χ2v) is 6.14. The van der Waals surface area contributed by atoms with Gasteiger partial charge in [0.05, 0.1) is 17.4 Å². The highest BCUT2D eigenvalue weighted by Crippen LogP contribution is 2.16. The van der Waals surface area contributed by atoms with Gasteiger partial charge in [-0.15, -0.1) is 0 Å². The fraction of sp³-hybridized carbons (Fsp3) is 0.333. The number of rotatable bonds is 5. The highest BCUT2D eigenvalue weighted by atomic mass is 16.2. The maximum Gasteiger partial charge on any atom is 0.319 e. The quantitative estimate of drug-likeness (QED) is 0.738. The molecule has 2 amide bonds. The number of carbonyl (C=O) groups excluding carboxylic acids is 1. The van der Waals surface area contributed by atoms with Crippen molar-refractivity contribution in [2.75, 3.05) is 5.32 Å². The number of anilines is 1. The molecule has 2 aromatic heterocycles. The first kappa shape index (κ1) is 17.7. The Hall–Kier alpha value is -3.16. The molecule has 0 unspecified atom stereocenters. The number of urea groups is 1. The van der Waals surface area contributed by atoms with Crippen molar-refractivity contribution in [1.82, 2.24) is 29.9 Å². The van der Waals surface area contributed by atoms with Crippen LogP contribution in [0.2, 0.25) is 0 Å². The van der Waals surface area contributed by atoms with E-state index in [1.165, 1.54) is 6.33 Å². The predicted molar refractivity (Wildman–Crippen MR) is 99.3 cm³/mol. The summed E-state index contributed by atoms with van der Waals surface area (Å²) in [6, 6.07) is 9.04. The lowest BCUT2D eigenvalue weighted by Gasteiger charge is -2.15. The van der Waals surface area contributed by atoms with Crippen molar-refractivity contribution in [2.45, 2.75) is 40.3 Å². The first-order chi connectivity index (χ1) is 12.5. The van der Waals surface area contributed by atoms with Crippen LogP contribution in [0.3, 0.4) is 0 Å². The van der Waals surface area contributed by atoms with Crippen molar-refractivity contribution in [3.63, 3.8) is 0 Å². The van der Waals surface area contributed by atoms with Crippen molar-refractivity contribution in [3.8, 4) is 5.69 Å². The van der Waals surface area contributed by atoms with Crippen molar-refractivity contribution in [2.24, 2.45) is 0 Å². The number of aromatic nitrogens is 5. The molecule has 26 heavy (non-hydrogen) atoms. The van der Waals surface area contributed by atoms with Gasteiger partial charge in [-0.05, 0) is 58.0 Å². The molecule has 0 aliphatic heterocycles. The molecule has 8 nitrogen and oxygen atoms in total. The molecule has 0 fully saturated rings. The number of hydrogen-bond donors (Lipinski definition) is 2. The van der Waals surface area contributed by atoms with Gasteiger partial charge < -0.3 is 10.6 Å². The third-order valence-corrected chi connectivity index (χ3v) is 4.06. The van der Waals surface area contributed by atoms with Crippen LogP contribution in [-0.4, -0.2) is 30.6 Å². The zero-order valence-corrected chi connectivity index (χ0v) is 15.4. The van der Waals surface area contributed by atoms with Gasteiger partial charge in [-0.2, -0.15) is 10.2 Å². The van der Waals surface area contributed by atoms with Crippen LogP contribution in [0.1, 0.15) is 37.1 Å². The maximum absolute atomic E-state index is 12.2. The normalized spacial score (nSPS) is 12.0. The molecule has 0 spiro atoms. The predicted octanol–water partition coefficient (Wildman–Crippen LogP) is 2.98. The lowest BCUT2D eigenvalue weighted by molar-refractivity contribution is 0.248. The number of amides is 2. The van der Waals surface area contributed by atoms with E-state index in [1.807, 2.05) is 62.7 Å². The molecule has 0 saturated carbocycles. The Morgan fingerprint density at radius 2 is 1.96 bits per heavy atom. The second-order valence-electron chi connectivity index (χ2n) is 6.14. The minimum Gasteiger partial charge on any atom is -0.328 e. The average molecular weight is 353 g/mol. The van der Waals surface area contributed by atoms with Gasteiger partial charge in [-0.1, -0.05) is 0 Å². The van der Waals surface area contributed by atoms with E-state index < -0.39 is 0 Å². The summed E-state index contributed by atoms with van der Waals surface area (Å²) in [5, 5.41) is 14.3. The molecule has 2 heterocycles. The molecule has 3 rings (SSSR count). The van der Waals surface area contributed by atoms with Gasteiger partial charge in [0.15, 0.2) is 0 Å². The summed E-state index contributed by atoms with van der Waals surface area (Å²) in [7, 11) is 0. The van der Waals surface area contributed by atoms with Crippen LogP contribution in [0.15, 0.2) is 36.7 Å². The van der Waals surface area contributed by atoms with Gasteiger partial charge in [0.25, 0.3) is 0 Å². The fourth-order valence-electron chi connectivity index (χ4n) is 2.86. The number of benzene rings is 1. The highest BCUT2D eigenvalue weighted by Gasteiger charge is 2.15. The van der Waals surface area contributed by atoms with Crippen molar-refractivity contribution in [3.05, 3.63) is 53.9 Å². The SMILES string of the molecule is CCn1ncnc1[C@@H](C)NC(=O)Nc1ccc(-n2nc(C)cc2C)cc1.